The van der Waals surface area contributed by atoms with E-state index in [0.29, 0.717) is 6.61 Å². The average Bonchev–Trinajstić information content (AvgIpc) is 2.61. The molecule has 0 spiro atoms. The van der Waals surface area contributed by atoms with Crippen LogP contribution in [-0.4, -0.2) is 32.8 Å². The standard InChI is InChI=1S/C19H21N3O2/c1-22(2)16-9-7-14(8-10-16)13-20-21-19(23)18-17-6-4-3-5-15(17)11-12-24-18/h3-10,13,18H,11-12H2,1-2H3,(H,21,23). The van der Waals surface area contributed by atoms with E-state index in [1.807, 2.05) is 67.5 Å². The van der Waals surface area contributed by atoms with Crippen molar-refractivity contribution in [2.24, 2.45) is 5.10 Å². The third-order valence-corrected chi connectivity index (χ3v) is 4.03. The SMILES string of the molecule is CN(C)c1ccc(C=NNC(=O)C2OCCc3ccccc32)cc1. The van der Waals surface area contributed by atoms with Gasteiger partial charge in [0.15, 0.2) is 6.10 Å². The van der Waals surface area contributed by atoms with E-state index in [4.69, 9.17) is 4.74 Å². The molecule has 1 N–H and O–H groups in total. The predicted molar refractivity (Wildman–Crippen MR) is 95.3 cm³/mol. The Morgan fingerprint density at radius 3 is 2.71 bits per heavy atom. The predicted octanol–water partition coefficient (Wildman–Crippen LogP) is 2.52. The van der Waals surface area contributed by atoms with Crippen LogP contribution in [0.3, 0.4) is 0 Å². The van der Waals surface area contributed by atoms with Crippen LogP contribution < -0.4 is 10.3 Å². The lowest BCUT2D eigenvalue weighted by Crippen LogP contribution is -2.31. The zero-order valence-corrected chi connectivity index (χ0v) is 13.9. The van der Waals surface area contributed by atoms with Gasteiger partial charge in [-0.05, 0) is 35.2 Å². The van der Waals surface area contributed by atoms with Gasteiger partial charge in [0.1, 0.15) is 0 Å². The molecule has 0 radical (unpaired) electrons. The highest BCUT2D eigenvalue weighted by atomic mass is 16.5. The molecule has 5 nitrogen and oxygen atoms in total. The molecule has 1 heterocycles. The Hall–Kier alpha value is -2.66. The van der Waals surface area contributed by atoms with Gasteiger partial charge in [-0.1, -0.05) is 36.4 Å². The second-order valence-corrected chi connectivity index (χ2v) is 5.92. The molecule has 2 aromatic carbocycles. The zero-order chi connectivity index (χ0) is 16.9. The van der Waals surface area contributed by atoms with Gasteiger partial charge in [-0.25, -0.2) is 5.43 Å². The van der Waals surface area contributed by atoms with Crippen LogP contribution in [0.15, 0.2) is 53.6 Å². The molecule has 0 aromatic heterocycles. The molecule has 0 aliphatic carbocycles. The lowest BCUT2D eigenvalue weighted by Gasteiger charge is -2.24. The smallest absolute Gasteiger partial charge is 0.273 e. The van der Waals surface area contributed by atoms with Crippen molar-refractivity contribution in [2.45, 2.75) is 12.5 Å². The number of carbonyl (C=O) groups is 1. The van der Waals surface area contributed by atoms with Gasteiger partial charge in [0.2, 0.25) is 0 Å². The first-order chi connectivity index (χ1) is 11.6. The molecule has 1 unspecified atom stereocenters. The Balaban J connectivity index is 1.63. The summed E-state index contributed by atoms with van der Waals surface area (Å²) in [5, 5.41) is 4.05. The molecule has 1 atom stereocenters. The number of fused-ring (bicyclic) bond motifs is 1. The average molecular weight is 323 g/mol. The number of hydrogen-bond acceptors (Lipinski definition) is 4. The molecule has 1 aliphatic rings. The summed E-state index contributed by atoms with van der Waals surface area (Å²) in [6.07, 6.45) is 1.87. The van der Waals surface area contributed by atoms with Gasteiger partial charge in [0.25, 0.3) is 5.91 Å². The number of hydrazone groups is 1. The summed E-state index contributed by atoms with van der Waals surface area (Å²) in [6.45, 7) is 0.546. The molecule has 0 saturated heterocycles. The summed E-state index contributed by atoms with van der Waals surface area (Å²) in [7, 11) is 3.98. The quantitative estimate of drug-likeness (QED) is 0.695. The van der Waals surface area contributed by atoms with Gasteiger partial charge in [0, 0.05) is 19.8 Å². The fourth-order valence-corrected chi connectivity index (χ4v) is 2.70. The van der Waals surface area contributed by atoms with Gasteiger partial charge < -0.3 is 9.64 Å². The van der Waals surface area contributed by atoms with Gasteiger partial charge in [-0.2, -0.15) is 5.10 Å². The highest BCUT2D eigenvalue weighted by molar-refractivity contribution is 5.85. The van der Waals surface area contributed by atoms with E-state index in [9.17, 15) is 4.79 Å². The zero-order valence-electron chi connectivity index (χ0n) is 13.9. The number of nitrogens with zero attached hydrogens (tertiary/aromatic N) is 2. The topological polar surface area (TPSA) is 53.9 Å². The molecule has 1 aliphatic heterocycles. The Labute approximate surface area is 141 Å². The molecular formula is C19H21N3O2. The monoisotopic (exact) mass is 323 g/mol. The van der Waals surface area contributed by atoms with Crippen LogP contribution in [0.25, 0.3) is 0 Å². The highest BCUT2D eigenvalue weighted by Gasteiger charge is 2.26. The van der Waals surface area contributed by atoms with E-state index < -0.39 is 6.10 Å². The van der Waals surface area contributed by atoms with E-state index >= 15 is 0 Å². The summed E-state index contributed by atoms with van der Waals surface area (Å²) >= 11 is 0. The van der Waals surface area contributed by atoms with Crippen molar-refractivity contribution in [3.05, 3.63) is 65.2 Å². The van der Waals surface area contributed by atoms with Crippen molar-refractivity contribution >= 4 is 17.8 Å². The van der Waals surface area contributed by atoms with Crippen molar-refractivity contribution in [3.8, 4) is 0 Å². The van der Waals surface area contributed by atoms with E-state index in [0.717, 1.165) is 28.8 Å². The Morgan fingerprint density at radius 1 is 1.21 bits per heavy atom. The van der Waals surface area contributed by atoms with Crippen molar-refractivity contribution in [1.29, 1.82) is 0 Å². The molecule has 124 valence electrons. The first-order valence-electron chi connectivity index (χ1n) is 7.95. The molecule has 0 saturated carbocycles. The number of rotatable bonds is 4. The number of carbonyl (C=O) groups excluding carboxylic acids is 1. The van der Waals surface area contributed by atoms with Crippen molar-refractivity contribution in [1.82, 2.24) is 5.43 Å². The Bertz CT molecular complexity index is 739. The van der Waals surface area contributed by atoms with Gasteiger partial charge in [-0.3, -0.25) is 4.79 Å². The van der Waals surface area contributed by atoms with Crippen LogP contribution in [-0.2, 0) is 16.0 Å². The van der Waals surface area contributed by atoms with E-state index in [1.165, 1.54) is 0 Å². The second kappa shape index (κ2) is 7.27. The number of nitrogens with one attached hydrogen (secondary N) is 1. The number of ether oxygens (including phenoxy) is 1. The number of hydrogen-bond donors (Lipinski definition) is 1. The first kappa shape index (κ1) is 16.2. The summed E-state index contributed by atoms with van der Waals surface area (Å²) < 4.78 is 5.62. The van der Waals surface area contributed by atoms with E-state index in [2.05, 4.69) is 10.5 Å². The number of amides is 1. The van der Waals surface area contributed by atoms with Crippen LogP contribution in [0.5, 0.6) is 0 Å². The molecule has 3 rings (SSSR count). The maximum atomic E-state index is 12.3. The third kappa shape index (κ3) is 3.63. The number of benzene rings is 2. The van der Waals surface area contributed by atoms with Crippen LogP contribution in [0, 0.1) is 0 Å². The van der Waals surface area contributed by atoms with Crippen molar-refractivity contribution in [3.63, 3.8) is 0 Å². The van der Waals surface area contributed by atoms with Gasteiger partial charge in [-0.15, -0.1) is 0 Å². The minimum Gasteiger partial charge on any atom is -0.378 e. The second-order valence-electron chi connectivity index (χ2n) is 5.92. The minimum atomic E-state index is -0.594. The molecule has 0 bridgehead atoms. The minimum absolute atomic E-state index is 0.247. The Morgan fingerprint density at radius 2 is 1.96 bits per heavy atom. The summed E-state index contributed by atoms with van der Waals surface area (Å²) in [4.78, 5) is 14.4. The van der Waals surface area contributed by atoms with Crippen LogP contribution in [0.4, 0.5) is 5.69 Å². The maximum absolute atomic E-state index is 12.3. The largest absolute Gasteiger partial charge is 0.378 e. The highest BCUT2D eigenvalue weighted by Crippen LogP contribution is 2.26. The van der Waals surface area contributed by atoms with Crippen molar-refractivity contribution in [2.75, 3.05) is 25.6 Å². The fourth-order valence-electron chi connectivity index (χ4n) is 2.70. The summed E-state index contributed by atoms with van der Waals surface area (Å²) in [5.74, 6) is -0.247. The van der Waals surface area contributed by atoms with Gasteiger partial charge >= 0.3 is 0 Å². The van der Waals surface area contributed by atoms with Crippen LogP contribution >= 0.6 is 0 Å². The molecule has 24 heavy (non-hydrogen) atoms. The third-order valence-electron chi connectivity index (χ3n) is 4.03. The molecule has 0 fully saturated rings. The van der Waals surface area contributed by atoms with E-state index in [1.54, 1.807) is 6.21 Å². The lowest BCUT2D eigenvalue weighted by molar-refractivity contribution is -0.134. The summed E-state index contributed by atoms with van der Waals surface area (Å²) in [5.41, 5.74) is 6.69. The molecular weight excluding hydrogens is 302 g/mol. The van der Waals surface area contributed by atoms with Crippen molar-refractivity contribution < 1.29 is 9.53 Å². The Kier molecular flexibility index (Phi) is 4.91. The molecule has 2 aromatic rings. The molecule has 1 amide bonds. The fraction of sp³-hybridized carbons (Fsp3) is 0.263. The van der Waals surface area contributed by atoms with Crippen LogP contribution in [0.2, 0.25) is 0 Å². The summed E-state index contributed by atoms with van der Waals surface area (Å²) in [6, 6.07) is 15.8. The number of anilines is 1. The first-order valence-corrected chi connectivity index (χ1v) is 7.95. The maximum Gasteiger partial charge on any atom is 0.273 e. The normalized spacial score (nSPS) is 16.7. The van der Waals surface area contributed by atoms with Gasteiger partial charge in [0.05, 0.1) is 12.8 Å². The molecule has 5 heteroatoms. The van der Waals surface area contributed by atoms with E-state index in [-0.39, 0.29) is 5.91 Å². The lowest BCUT2D eigenvalue weighted by atomic mass is 9.97. The van der Waals surface area contributed by atoms with Crippen LogP contribution in [0.1, 0.15) is 22.8 Å².